The number of aromatic nitrogens is 4. The molecule has 4 aromatic rings. The number of halogens is 1. The van der Waals surface area contributed by atoms with Gasteiger partial charge in [0.1, 0.15) is 35.5 Å². The van der Waals surface area contributed by atoms with E-state index in [0.29, 0.717) is 53.3 Å². The number of hydrogen-bond donors (Lipinski definition) is 2. The lowest BCUT2D eigenvalue weighted by molar-refractivity contribution is 0.0192. The maximum absolute atomic E-state index is 15.9. The molecular formula is C30H35FN8O. The van der Waals surface area contributed by atoms with Gasteiger partial charge in [-0.25, -0.2) is 19.0 Å². The molecule has 0 aliphatic carbocycles. The van der Waals surface area contributed by atoms with Crippen LogP contribution in [-0.4, -0.2) is 87.1 Å². The Morgan fingerprint density at radius 1 is 0.850 bits per heavy atom. The van der Waals surface area contributed by atoms with E-state index in [9.17, 15) is 0 Å². The maximum atomic E-state index is 15.9. The second-order valence-electron chi connectivity index (χ2n) is 11.1. The van der Waals surface area contributed by atoms with E-state index in [-0.39, 0.29) is 0 Å². The highest BCUT2D eigenvalue weighted by Gasteiger charge is 2.38. The van der Waals surface area contributed by atoms with Crippen LogP contribution in [0.3, 0.4) is 0 Å². The lowest BCUT2D eigenvalue weighted by Gasteiger charge is -2.46. The number of para-hydroxylation sites is 1. The number of ether oxygens (including phenoxy) is 1. The second kappa shape index (κ2) is 10.8. The van der Waals surface area contributed by atoms with Gasteiger partial charge in [-0.1, -0.05) is 18.2 Å². The number of nitrogen functional groups attached to an aromatic ring is 1. The number of alkyl halides is 1. The minimum absolute atomic E-state index is 0.345. The monoisotopic (exact) mass is 542 g/mol. The molecule has 7 rings (SSSR count). The van der Waals surface area contributed by atoms with Gasteiger partial charge in [0.05, 0.1) is 11.4 Å². The normalized spacial score (nSPS) is 23.3. The van der Waals surface area contributed by atoms with Gasteiger partial charge in [-0.2, -0.15) is 5.10 Å². The number of nitrogens with one attached hydrogen (secondary N) is 1. The largest absolute Gasteiger partial charge is 0.457 e. The number of nitrogens with two attached hydrogens (primary N) is 1. The summed E-state index contributed by atoms with van der Waals surface area (Å²) < 4.78 is 23.6. The summed E-state index contributed by atoms with van der Waals surface area (Å²) in [7, 11) is 0. The molecule has 2 aromatic heterocycles. The summed E-state index contributed by atoms with van der Waals surface area (Å²) in [5.74, 6) is 1.83. The average Bonchev–Trinajstić information content (AvgIpc) is 3.34. The Morgan fingerprint density at radius 3 is 2.27 bits per heavy atom. The van der Waals surface area contributed by atoms with Crippen molar-refractivity contribution in [1.82, 2.24) is 34.9 Å². The van der Waals surface area contributed by atoms with Gasteiger partial charge in [-0.3, -0.25) is 9.80 Å². The van der Waals surface area contributed by atoms with Crippen LogP contribution in [0.2, 0.25) is 0 Å². The Kier molecular flexibility index (Phi) is 6.82. The molecule has 3 saturated heterocycles. The fraction of sp³-hybridized carbons (Fsp3) is 0.433. The zero-order valence-electron chi connectivity index (χ0n) is 22.5. The van der Waals surface area contributed by atoms with E-state index < -0.39 is 12.2 Å². The quantitative estimate of drug-likeness (QED) is 0.379. The highest BCUT2D eigenvalue weighted by atomic mass is 19.1. The van der Waals surface area contributed by atoms with E-state index in [1.54, 1.807) is 4.68 Å². The molecule has 208 valence electrons. The first-order chi connectivity index (χ1) is 19.6. The van der Waals surface area contributed by atoms with Crippen molar-refractivity contribution >= 4 is 16.9 Å². The Bertz CT molecular complexity index is 1450. The minimum Gasteiger partial charge on any atom is -0.457 e. The zero-order chi connectivity index (χ0) is 27.1. The molecule has 3 aliphatic rings. The highest BCUT2D eigenvalue weighted by Crippen LogP contribution is 2.36. The van der Waals surface area contributed by atoms with E-state index >= 15 is 4.39 Å². The van der Waals surface area contributed by atoms with Crippen molar-refractivity contribution in [2.45, 2.75) is 43.6 Å². The third-order valence-corrected chi connectivity index (χ3v) is 8.77. The van der Waals surface area contributed by atoms with Crippen LogP contribution in [0.4, 0.5) is 10.2 Å². The van der Waals surface area contributed by atoms with Gasteiger partial charge in [0.25, 0.3) is 0 Å². The fourth-order valence-electron chi connectivity index (χ4n) is 6.41. The van der Waals surface area contributed by atoms with Gasteiger partial charge < -0.3 is 15.8 Å². The summed E-state index contributed by atoms with van der Waals surface area (Å²) >= 11 is 0. The number of nitrogens with zero attached hydrogens (tertiary/aromatic N) is 6. The van der Waals surface area contributed by atoms with Crippen molar-refractivity contribution < 1.29 is 9.13 Å². The molecule has 0 unspecified atom stereocenters. The molecular weight excluding hydrogens is 507 g/mol. The van der Waals surface area contributed by atoms with E-state index in [0.717, 1.165) is 56.9 Å². The minimum atomic E-state index is -1.05. The molecule has 2 aromatic carbocycles. The van der Waals surface area contributed by atoms with Gasteiger partial charge in [0, 0.05) is 56.9 Å². The van der Waals surface area contributed by atoms with Crippen molar-refractivity contribution in [3.63, 3.8) is 0 Å². The molecule has 5 heterocycles. The first-order valence-electron chi connectivity index (χ1n) is 14.3. The molecule has 3 N–H and O–H groups in total. The summed E-state index contributed by atoms with van der Waals surface area (Å²) in [5.41, 5.74) is 8.42. The molecule has 0 radical (unpaired) electrons. The first kappa shape index (κ1) is 25.4. The van der Waals surface area contributed by atoms with E-state index in [2.05, 4.69) is 25.1 Å². The van der Waals surface area contributed by atoms with Crippen molar-refractivity contribution in [1.29, 1.82) is 0 Å². The number of likely N-dealkylation sites (tertiary alicyclic amines) is 2. The van der Waals surface area contributed by atoms with E-state index in [1.807, 2.05) is 54.6 Å². The maximum Gasteiger partial charge on any atom is 0.164 e. The molecule has 9 nitrogen and oxygen atoms in total. The number of benzene rings is 2. The molecule has 3 fully saturated rings. The predicted octanol–water partition coefficient (Wildman–Crippen LogP) is 3.89. The van der Waals surface area contributed by atoms with E-state index in [4.69, 9.17) is 15.6 Å². The number of piperidine rings is 2. The third-order valence-electron chi connectivity index (χ3n) is 8.77. The van der Waals surface area contributed by atoms with Crippen LogP contribution < -0.4 is 15.8 Å². The standard InChI is InChI=1S/C30H35FN8O/c31-25-18-38(21-10-13-37(14-11-21)22-16-33-17-22)15-12-26(25)39-30-27(29(32)34-19-35-30)28(36-39)20-6-8-24(9-7-20)40-23-4-2-1-3-5-23/h1-9,19,21-22,25-26,33H,10-18H2,(H2,32,34,35)/t25-,26+/m1/s1. The Morgan fingerprint density at radius 2 is 1.57 bits per heavy atom. The molecule has 2 atom stereocenters. The van der Waals surface area contributed by atoms with Gasteiger partial charge in [-0.05, 0) is 55.7 Å². The van der Waals surface area contributed by atoms with Crippen LogP contribution in [0.25, 0.3) is 22.3 Å². The lowest BCUT2D eigenvalue weighted by Crippen LogP contribution is -2.60. The van der Waals surface area contributed by atoms with Crippen molar-refractivity contribution in [2.24, 2.45) is 0 Å². The van der Waals surface area contributed by atoms with Gasteiger partial charge in [0.2, 0.25) is 0 Å². The fourth-order valence-corrected chi connectivity index (χ4v) is 6.41. The molecule has 0 saturated carbocycles. The number of hydrogen-bond acceptors (Lipinski definition) is 8. The number of fused-ring (bicyclic) bond motifs is 1. The van der Waals surface area contributed by atoms with Crippen molar-refractivity contribution in [2.75, 3.05) is 45.0 Å². The third kappa shape index (κ3) is 4.80. The Labute approximate surface area is 233 Å². The van der Waals surface area contributed by atoms with Gasteiger partial charge in [0.15, 0.2) is 5.65 Å². The molecule has 0 bridgehead atoms. The van der Waals surface area contributed by atoms with Crippen LogP contribution in [0.5, 0.6) is 11.5 Å². The van der Waals surface area contributed by atoms with Crippen molar-refractivity contribution in [3.8, 4) is 22.8 Å². The van der Waals surface area contributed by atoms with Gasteiger partial charge >= 0.3 is 0 Å². The Hall–Kier alpha value is -3.60. The Balaban J connectivity index is 1.09. The molecule has 0 spiro atoms. The SMILES string of the molecule is Nc1ncnc2c1c(-c1ccc(Oc3ccccc3)cc1)nn2[C@H]1CCN(C2CCN(C3CNC3)CC2)C[C@H]1F. The van der Waals surface area contributed by atoms with Crippen molar-refractivity contribution in [3.05, 3.63) is 60.9 Å². The lowest BCUT2D eigenvalue weighted by atomic mass is 9.95. The zero-order valence-corrected chi connectivity index (χ0v) is 22.5. The molecule has 3 aliphatic heterocycles. The summed E-state index contributed by atoms with van der Waals surface area (Å²) in [6.45, 7) is 5.68. The van der Waals surface area contributed by atoms with Gasteiger partial charge in [-0.15, -0.1) is 0 Å². The summed E-state index contributed by atoms with van der Waals surface area (Å²) in [5, 5.41) is 8.94. The highest BCUT2D eigenvalue weighted by molar-refractivity contribution is 5.98. The molecule has 0 amide bonds. The van der Waals surface area contributed by atoms with Crippen LogP contribution in [0.15, 0.2) is 60.9 Å². The van der Waals surface area contributed by atoms with Crippen LogP contribution in [0.1, 0.15) is 25.3 Å². The smallest absolute Gasteiger partial charge is 0.164 e. The summed E-state index contributed by atoms with van der Waals surface area (Å²) in [4.78, 5) is 13.7. The topological polar surface area (TPSA) is 97.4 Å². The summed E-state index contributed by atoms with van der Waals surface area (Å²) in [6.07, 6.45) is 3.28. The van der Waals surface area contributed by atoms with Crippen LogP contribution in [0, 0.1) is 0 Å². The second-order valence-corrected chi connectivity index (χ2v) is 11.1. The van der Waals surface area contributed by atoms with Crippen LogP contribution >= 0.6 is 0 Å². The van der Waals surface area contributed by atoms with E-state index in [1.165, 1.54) is 6.33 Å². The molecule has 10 heteroatoms. The number of anilines is 1. The predicted molar refractivity (Wildman–Crippen MR) is 153 cm³/mol. The average molecular weight is 543 g/mol. The molecule has 40 heavy (non-hydrogen) atoms. The summed E-state index contributed by atoms with van der Waals surface area (Å²) in [6, 6.07) is 18.1. The van der Waals surface area contributed by atoms with Crippen LogP contribution in [-0.2, 0) is 0 Å². The first-order valence-corrected chi connectivity index (χ1v) is 14.3. The number of rotatable bonds is 6.